The molecule has 0 amide bonds. The molecule has 104 valence electrons. The summed E-state index contributed by atoms with van der Waals surface area (Å²) in [6.45, 7) is 0. The quantitative estimate of drug-likeness (QED) is 0.815. The highest BCUT2D eigenvalue weighted by Gasteiger charge is 2.24. The van der Waals surface area contributed by atoms with Crippen LogP contribution in [0.5, 0.6) is 0 Å². The normalized spacial score (nSPS) is 11.3. The van der Waals surface area contributed by atoms with E-state index in [0.717, 1.165) is 12.1 Å². The van der Waals surface area contributed by atoms with E-state index < -0.39 is 37.9 Å². The molecule has 0 bridgehead atoms. The molecule has 0 aromatic heterocycles. The van der Waals surface area contributed by atoms with Gasteiger partial charge in [0.2, 0.25) is 0 Å². The molecule has 0 spiro atoms. The third kappa shape index (κ3) is 3.08. The van der Waals surface area contributed by atoms with Crippen LogP contribution in [0, 0.1) is 11.6 Å². The Kier molecular flexibility index (Phi) is 3.94. The van der Waals surface area contributed by atoms with Gasteiger partial charge in [0, 0.05) is 5.56 Å². The molecule has 0 atom stereocenters. The minimum atomic E-state index is -4.23. The molecule has 0 aliphatic heterocycles. The fourth-order valence-electron chi connectivity index (χ4n) is 1.67. The zero-order valence-corrected chi connectivity index (χ0v) is 11.0. The molecule has 0 saturated heterocycles. The van der Waals surface area contributed by atoms with Gasteiger partial charge < -0.3 is 0 Å². The van der Waals surface area contributed by atoms with Gasteiger partial charge in [-0.3, -0.25) is 4.79 Å². The Morgan fingerprint density at radius 1 is 1.00 bits per heavy atom. The van der Waals surface area contributed by atoms with Crippen LogP contribution >= 0.6 is 0 Å². The largest absolute Gasteiger partial charge is 0.293 e. The van der Waals surface area contributed by atoms with E-state index in [1.165, 1.54) is 12.1 Å². The van der Waals surface area contributed by atoms with Crippen molar-refractivity contribution in [2.24, 2.45) is 0 Å². The van der Waals surface area contributed by atoms with Crippen molar-refractivity contribution in [3.63, 3.8) is 0 Å². The van der Waals surface area contributed by atoms with Gasteiger partial charge in [-0.05, 0) is 18.2 Å². The zero-order chi connectivity index (χ0) is 14.8. The van der Waals surface area contributed by atoms with Crippen molar-refractivity contribution in [3.8, 4) is 0 Å². The van der Waals surface area contributed by atoms with E-state index in [-0.39, 0.29) is 5.56 Å². The summed E-state index contributed by atoms with van der Waals surface area (Å²) in [4.78, 5) is 11.0. The monoisotopic (exact) mass is 296 g/mol. The van der Waals surface area contributed by atoms with Gasteiger partial charge in [0.25, 0.3) is 0 Å². The first-order valence-corrected chi connectivity index (χ1v) is 7.31. The molecule has 6 heteroatoms. The molecule has 2 rings (SSSR count). The van der Waals surface area contributed by atoms with Crippen LogP contribution in [0.15, 0.2) is 53.4 Å². The molecule has 0 radical (unpaired) electrons. The highest BCUT2D eigenvalue weighted by Crippen LogP contribution is 2.18. The average Bonchev–Trinajstić information content (AvgIpc) is 2.42. The lowest BCUT2D eigenvalue weighted by Crippen LogP contribution is -2.17. The number of carbonyl (C=O) groups is 1. The molecule has 20 heavy (non-hydrogen) atoms. The van der Waals surface area contributed by atoms with E-state index in [0.29, 0.717) is 6.07 Å². The lowest BCUT2D eigenvalue weighted by molar-refractivity contribution is 0.102. The number of hydrogen-bond acceptors (Lipinski definition) is 3. The van der Waals surface area contributed by atoms with Gasteiger partial charge in [0.15, 0.2) is 15.6 Å². The van der Waals surface area contributed by atoms with Gasteiger partial charge in [0.1, 0.15) is 22.3 Å². The molecule has 0 fully saturated rings. The predicted molar refractivity (Wildman–Crippen MR) is 69.2 cm³/mol. The third-order valence-electron chi connectivity index (χ3n) is 2.65. The molecule has 0 aliphatic carbocycles. The lowest BCUT2D eigenvalue weighted by atomic mass is 10.2. The van der Waals surface area contributed by atoms with Crippen molar-refractivity contribution < 1.29 is 22.0 Å². The smallest absolute Gasteiger partial charge is 0.188 e. The maximum Gasteiger partial charge on any atom is 0.188 e. The van der Waals surface area contributed by atoms with E-state index in [9.17, 15) is 22.0 Å². The highest BCUT2D eigenvalue weighted by atomic mass is 32.2. The average molecular weight is 296 g/mol. The second-order valence-electron chi connectivity index (χ2n) is 4.12. The number of sulfone groups is 1. The van der Waals surface area contributed by atoms with E-state index in [1.54, 1.807) is 18.2 Å². The molecule has 0 saturated carbocycles. The van der Waals surface area contributed by atoms with Crippen LogP contribution in [0.2, 0.25) is 0 Å². The van der Waals surface area contributed by atoms with Gasteiger partial charge in [-0.25, -0.2) is 17.2 Å². The Bertz CT molecular complexity index is 740. The molecular formula is C14H10F2O3S. The Balaban J connectivity index is 2.33. The summed E-state index contributed by atoms with van der Waals surface area (Å²) in [5.41, 5.74) is 0.202. The van der Waals surface area contributed by atoms with Crippen LogP contribution in [-0.4, -0.2) is 20.0 Å². The fraction of sp³-hybridized carbons (Fsp3) is 0.0714. The summed E-state index contributed by atoms with van der Waals surface area (Å²) in [6.07, 6.45) is 0. The van der Waals surface area contributed by atoms with Crippen LogP contribution in [0.4, 0.5) is 8.78 Å². The number of rotatable bonds is 4. The maximum absolute atomic E-state index is 13.5. The van der Waals surface area contributed by atoms with Crippen molar-refractivity contribution in [1.29, 1.82) is 0 Å². The number of hydrogen-bond donors (Lipinski definition) is 0. The number of carbonyl (C=O) groups excluding carboxylic acids is 1. The van der Waals surface area contributed by atoms with Crippen LogP contribution in [0.3, 0.4) is 0 Å². The number of Topliss-reactive ketones (excluding diaryl/α,β-unsaturated/α-hetero) is 1. The lowest BCUT2D eigenvalue weighted by Gasteiger charge is -2.05. The number of benzene rings is 2. The molecule has 0 heterocycles. The van der Waals surface area contributed by atoms with Gasteiger partial charge in [-0.1, -0.05) is 30.3 Å². The highest BCUT2D eigenvalue weighted by molar-refractivity contribution is 7.92. The van der Waals surface area contributed by atoms with Crippen LogP contribution in [0.1, 0.15) is 10.4 Å². The van der Waals surface area contributed by atoms with Gasteiger partial charge in [-0.15, -0.1) is 0 Å². The standard InChI is InChI=1S/C14H10F2O3S/c15-11-6-7-12(16)14(8-11)20(18,19)9-13(17)10-4-2-1-3-5-10/h1-8H,9H2. The van der Waals surface area contributed by atoms with Crippen LogP contribution in [0.25, 0.3) is 0 Å². The van der Waals surface area contributed by atoms with E-state index >= 15 is 0 Å². The summed E-state index contributed by atoms with van der Waals surface area (Å²) in [7, 11) is -4.23. The van der Waals surface area contributed by atoms with E-state index in [4.69, 9.17) is 0 Å². The van der Waals surface area contributed by atoms with Gasteiger partial charge >= 0.3 is 0 Å². The molecule has 0 N–H and O–H groups in total. The SMILES string of the molecule is O=C(CS(=O)(=O)c1cc(F)ccc1F)c1ccccc1. The molecule has 0 unspecified atom stereocenters. The third-order valence-corrected chi connectivity index (χ3v) is 4.27. The molecule has 2 aromatic rings. The summed E-state index contributed by atoms with van der Waals surface area (Å²) in [6, 6.07) is 9.87. The molecule has 3 nitrogen and oxygen atoms in total. The summed E-state index contributed by atoms with van der Waals surface area (Å²) >= 11 is 0. The summed E-state index contributed by atoms with van der Waals surface area (Å²) in [5.74, 6) is -3.53. The van der Waals surface area contributed by atoms with Crippen molar-refractivity contribution in [3.05, 3.63) is 65.7 Å². The first kappa shape index (κ1) is 14.3. The van der Waals surface area contributed by atoms with Gasteiger partial charge in [-0.2, -0.15) is 0 Å². The van der Waals surface area contributed by atoms with Crippen molar-refractivity contribution >= 4 is 15.6 Å². The Morgan fingerprint density at radius 2 is 1.65 bits per heavy atom. The Morgan fingerprint density at radius 3 is 2.30 bits per heavy atom. The minimum absolute atomic E-state index is 0.202. The number of ketones is 1. The number of halogens is 2. The molecule has 0 aliphatic rings. The predicted octanol–water partition coefficient (Wildman–Crippen LogP) is 2.62. The topological polar surface area (TPSA) is 51.2 Å². The first-order valence-electron chi connectivity index (χ1n) is 5.66. The van der Waals surface area contributed by atoms with Crippen molar-refractivity contribution in [1.82, 2.24) is 0 Å². The van der Waals surface area contributed by atoms with E-state index in [2.05, 4.69) is 0 Å². The second kappa shape index (κ2) is 5.50. The first-order chi connectivity index (χ1) is 9.40. The van der Waals surface area contributed by atoms with Crippen LogP contribution < -0.4 is 0 Å². The Hall–Kier alpha value is -2.08. The molecular weight excluding hydrogens is 286 g/mol. The van der Waals surface area contributed by atoms with Crippen molar-refractivity contribution in [2.75, 3.05) is 5.75 Å². The molecule has 2 aromatic carbocycles. The summed E-state index contributed by atoms with van der Waals surface area (Å²) < 4.78 is 50.4. The van der Waals surface area contributed by atoms with Crippen molar-refractivity contribution in [2.45, 2.75) is 4.90 Å². The summed E-state index contributed by atoms with van der Waals surface area (Å²) in [5, 5.41) is 0. The van der Waals surface area contributed by atoms with E-state index in [1.807, 2.05) is 0 Å². The minimum Gasteiger partial charge on any atom is -0.293 e. The Labute approximate surface area is 114 Å². The fourth-order valence-corrected chi connectivity index (χ4v) is 3.00. The zero-order valence-electron chi connectivity index (χ0n) is 10.2. The second-order valence-corrected chi connectivity index (χ2v) is 6.08. The maximum atomic E-state index is 13.5. The van der Waals surface area contributed by atoms with Gasteiger partial charge in [0.05, 0.1) is 0 Å². The van der Waals surface area contributed by atoms with Crippen LogP contribution in [-0.2, 0) is 9.84 Å².